The molecular weight excluding hydrogens is 489 g/mol. The molecule has 2 aromatic carbocycles. The average Bonchev–Trinajstić information content (AvgIpc) is 3.06. The van der Waals surface area contributed by atoms with Crippen molar-refractivity contribution >= 4 is 17.7 Å². The topological polar surface area (TPSA) is 88.2 Å². The molecule has 0 spiro atoms. The van der Waals surface area contributed by atoms with E-state index in [0.717, 1.165) is 5.56 Å². The van der Waals surface area contributed by atoms with Crippen molar-refractivity contribution in [1.82, 2.24) is 15.1 Å². The number of hydrogen-bond acceptors (Lipinski definition) is 6. The van der Waals surface area contributed by atoms with E-state index in [4.69, 9.17) is 17.7 Å². The molecule has 2 fully saturated rings. The largest absolute Gasteiger partial charge is 0.488 e. The van der Waals surface area contributed by atoms with Gasteiger partial charge in [-0.05, 0) is 57.8 Å². The van der Waals surface area contributed by atoms with Crippen LogP contribution < -0.4 is 10.1 Å². The summed E-state index contributed by atoms with van der Waals surface area (Å²) in [5, 5.41) is 1.71. The summed E-state index contributed by atoms with van der Waals surface area (Å²) in [6.45, 7) is 6.71. The highest BCUT2D eigenvalue weighted by atomic mass is 19.1. The Hall–Kier alpha value is -3.30. The number of morpholine rings is 1. The van der Waals surface area contributed by atoms with Crippen LogP contribution in [0.15, 0.2) is 36.4 Å². The fraction of sp³-hybridized carbons (Fsp3) is 0.483. The van der Waals surface area contributed by atoms with Crippen LogP contribution in [0.3, 0.4) is 0 Å². The standard InChI is InChI=1S/C29H34FN3O5/c1-28(2)16-32(17-29(3,4)38-28)13-18-8-9-19(22(30)12-18)15-37-24-7-5-6-20-21(24)14-33(27(20)36)23-10-11-25(34)31-26(23)35/h5-9,12,23H,10-11,13-17H2,1-4H3,(H,31,34,35)/i10D2,11D2,14D2. The molecule has 3 aliphatic heterocycles. The number of nitrogens with zero attached hydrogens (tertiary/aromatic N) is 2. The molecule has 3 amide bonds. The molecule has 3 aliphatic rings. The van der Waals surface area contributed by atoms with E-state index in [9.17, 15) is 14.4 Å². The number of halogens is 1. The first kappa shape index (κ1) is 19.7. The van der Waals surface area contributed by atoms with Crippen molar-refractivity contribution in [1.29, 1.82) is 0 Å². The minimum atomic E-state index is -3.27. The van der Waals surface area contributed by atoms with Crippen LogP contribution in [0.4, 0.5) is 4.39 Å². The van der Waals surface area contributed by atoms with Crippen molar-refractivity contribution in [3.63, 3.8) is 0 Å². The third kappa shape index (κ3) is 5.44. The molecule has 38 heavy (non-hydrogen) atoms. The highest BCUT2D eigenvalue weighted by Crippen LogP contribution is 2.34. The summed E-state index contributed by atoms with van der Waals surface area (Å²) in [5.74, 6) is -4.64. The molecule has 2 saturated heterocycles. The average molecular weight is 530 g/mol. The zero-order chi connectivity index (χ0) is 32.6. The Morgan fingerprint density at radius 1 is 1.13 bits per heavy atom. The highest BCUT2D eigenvalue weighted by Gasteiger charge is 2.40. The molecule has 1 atom stereocenters. The second kappa shape index (κ2) is 9.78. The number of ether oxygens (including phenoxy) is 2. The Bertz CT molecular complexity index is 1530. The molecule has 0 radical (unpaired) electrons. The lowest BCUT2D eigenvalue weighted by Gasteiger charge is -2.47. The minimum absolute atomic E-state index is 0.138. The smallest absolute Gasteiger partial charge is 0.255 e. The van der Waals surface area contributed by atoms with Crippen molar-refractivity contribution in [3.05, 3.63) is 64.5 Å². The molecule has 202 valence electrons. The molecule has 0 saturated carbocycles. The first-order valence-corrected chi connectivity index (χ1v) is 12.3. The van der Waals surface area contributed by atoms with Crippen molar-refractivity contribution < 1.29 is 36.5 Å². The second-order valence-corrected chi connectivity index (χ2v) is 10.9. The van der Waals surface area contributed by atoms with Crippen LogP contribution >= 0.6 is 0 Å². The van der Waals surface area contributed by atoms with E-state index in [-0.39, 0.29) is 40.2 Å². The molecule has 8 nitrogen and oxygen atoms in total. The lowest BCUT2D eigenvalue weighted by Crippen LogP contribution is -2.56. The van der Waals surface area contributed by atoms with Gasteiger partial charge < -0.3 is 14.4 Å². The maximum absolute atomic E-state index is 15.2. The van der Waals surface area contributed by atoms with Crippen LogP contribution in [0.2, 0.25) is 0 Å². The fourth-order valence-electron chi connectivity index (χ4n) is 5.30. The van der Waals surface area contributed by atoms with Crippen LogP contribution in [0.25, 0.3) is 0 Å². The molecule has 0 aromatic heterocycles. The number of hydrogen-bond donors (Lipinski definition) is 1. The summed E-state index contributed by atoms with van der Waals surface area (Å²) >= 11 is 0. The Balaban J connectivity index is 1.37. The maximum Gasteiger partial charge on any atom is 0.255 e. The quantitative estimate of drug-likeness (QED) is 0.576. The van der Waals surface area contributed by atoms with Crippen molar-refractivity contribution in [2.24, 2.45) is 0 Å². The number of nitrogens with one attached hydrogen (secondary N) is 1. The maximum atomic E-state index is 15.2. The van der Waals surface area contributed by atoms with Crippen LogP contribution in [-0.4, -0.2) is 57.9 Å². The van der Waals surface area contributed by atoms with E-state index in [2.05, 4.69) is 4.90 Å². The van der Waals surface area contributed by atoms with Gasteiger partial charge in [0.15, 0.2) is 0 Å². The predicted molar refractivity (Wildman–Crippen MR) is 138 cm³/mol. The molecule has 2 aromatic rings. The van der Waals surface area contributed by atoms with Gasteiger partial charge in [-0.1, -0.05) is 18.2 Å². The van der Waals surface area contributed by atoms with Gasteiger partial charge in [0.2, 0.25) is 11.8 Å². The molecule has 1 unspecified atom stereocenters. The Morgan fingerprint density at radius 2 is 1.87 bits per heavy atom. The number of piperidine rings is 1. The Morgan fingerprint density at radius 3 is 2.58 bits per heavy atom. The Kier molecular flexibility index (Phi) is 5.08. The monoisotopic (exact) mass is 529 g/mol. The van der Waals surface area contributed by atoms with Gasteiger partial charge in [-0.15, -0.1) is 0 Å². The van der Waals surface area contributed by atoms with Crippen LogP contribution in [0.1, 0.15) is 75.7 Å². The van der Waals surface area contributed by atoms with E-state index in [1.807, 2.05) is 27.7 Å². The van der Waals surface area contributed by atoms with Crippen LogP contribution in [-0.2, 0) is 34.0 Å². The summed E-state index contributed by atoms with van der Waals surface area (Å²) < 4.78 is 77.0. The van der Waals surface area contributed by atoms with Gasteiger partial charge in [-0.2, -0.15) is 0 Å². The van der Waals surface area contributed by atoms with Gasteiger partial charge in [0.1, 0.15) is 24.2 Å². The van der Waals surface area contributed by atoms with E-state index in [1.165, 1.54) is 24.3 Å². The molecule has 1 N–H and O–H groups in total. The first-order valence-electron chi connectivity index (χ1n) is 15.3. The summed E-state index contributed by atoms with van der Waals surface area (Å²) in [4.78, 5) is 40.7. The number of carbonyl (C=O) groups is 3. The summed E-state index contributed by atoms with van der Waals surface area (Å²) in [7, 11) is 0. The summed E-state index contributed by atoms with van der Waals surface area (Å²) in [6.07, 6.45) is -6.51. The molecule has 0 bridgehead atoms. The fourth-order valence-corrected chi connectivity index (χ4v) is 5.30. The van der Waals surface area contributed by atoms with Gasteiger partial charge in [-0.25, -0.2) is 4.39 Å². The normalized spacial score (nSPS) is 29.1. The van der Waals surface area contributed by atoms with E-state index >= 15 is 4.39 Å². The van der Waals surface area contributed by atoms with Crippen molar-refractivity contribution in [3.8, 4) is 5.75 Å². The lowest BCUT2D eigenvalue weighted by molar-refractivity contribution is -0.182. The minimum Gasteiger partial charge on any atom is -0.488 e. The van der Waals surface area contributed by atoms with Crippen LogP contribution in [0.5, 0.6) is 5.75 Å². The van der Waals surface area contributed by atoms with Crippen molar-refractivity contribution in [2.45, 2.75) is 77.3 Å². The summed E-state index contributed by atoms with van der Waals surface area (Å²) in [5.41, 5.74) is -0.361. The van der Waals surface area contributed by atoms with Gasteiger partial charge >= 0.3 is 0 Å². The van der Waals surface area contributed by atoms with Crippen molar-refractivity contribution in [2.75, 3.05) is 13.1 Å². The molecule has 9 heteroatoms. The molecule has 3 heterocycles. The third-order valence-corrected chi connectivity index (χ3v) is 6.44. The van der Waals surface area contributed by atoms with Gasteiger partial charge in [0.05, 0.1) is 20.4 Å². The van der Waals surface area contributed by atoms with Gasteiger partial charge in [0.25, 0.3) is 5.91 Å². The molecular formula is C29H34FN3O5. The van der Waals surface area contributed by atoms with Gasteiger partial charge in [-0.3, -0.25) is 24.6 Å². The zero-order valence-electron chi connectivity index (χ0n) is 27.7. The number of amides is 3. The van der Waals surface area contributed by atoms with Gasteiger partial charge in [0, 0.05) is 48.2 Å². The number of rotatable bonds is 6. The first-order chi connectivity index (χ1) is 20.2. The third-order valence-electron chi connectivity index (χ3n) is 6.44. The highest BCUT2D eigenvalue weighted by molar-refractivity contribution is 6.05. The molecule has 0 aliphatic carbocycles. The van der Waals surface area contributed by atoms with E-state index < -0.39 is 48.8 Å². The summed E-state index contributed by atoms with van der Waals surface area (Å²) in [6, 6.07) is 6.46. The second-order valence-electron chi connectivity index (χ2n) is 10.9. The Labute approximate surface area is 230 Å². The number of carbonyl (C=O) groups excluding carboxylic acids is 3. The van der Waals surface area contributed by atoms with Crippen LogP contribution in [0, 0.1) is 5.82 Å². The number of benzene rings is 2. The number of fused-ring (bicyclic) bond motifs is 1. The SMILES string of the molecule is [2H]C1([2H])c2c(OCc3ccc(CN4CC(C)(C)OC(C)(C)C4)cc3F)cccc2C(=O)N1C1C(=O)NC(=O)C([2H])([2H])C1([2H])[2H]. The van der Waals surface area contributed by atoms with E-state index in [0.29, 0.717) is 24.5 Å². The zero-order valence-corrected chi connectivity index (χ0v) is 21.7. The van der Waals surface area contributed by atoms with E-state index in [1.54, 1.807) is 17.4 Å². The predicted octanol–water partition coefficient (Wildman–Crippen LogP) is 3.56. The lowest BCUT2D eigenvalue weighted by atomic mass is 9.98. The number of imide groups is 1. The molecule has 5 rings (SSSR count).